The zero-order valence-corrected chi connectivity index (χ0v) is 15.2. The van der Waals surface area contributed by atoms with Crippen molar-refractivity contribution in [1.29, 1.82) is 0 Å². The van der Waals surface area contributed by atoms with Gasteiger partial charge in [-0.3, -0.25) is 4.90 Å². The minimum atomic E-state index is -0.580. The second-order valence-corrected chi connectivity index (χ2v) is 7.61. The average molecular weight is 327 g/mol. The first-order valence-electron chi connectivity index (χ1n) is 7.98. The van der Waals surface area contributed by atoms with Crippen LogP contribution in [0.3, 0.4) is 0 Å². The average Bonchev–Trinajstić information content (AvgIpc) is 2.45. The summed E-state index contributed by atoms with van der Waals surface area (Å²) in [5.41, 5.74) is 1.18. The fraction of sp³-hybridized carbons (Fsp3) is 0.421. The highest BCUT2D eigenvalue weighted by Crippen LogP contribution is 2.33. The highest BCUT2D eigenvalue weighted by atomic mass is 16.6. The Balaban J connectivity index is 2.55. The maximum atomic E-state index is 12.8. The molecule has 1 aromatic carbocycles. The third kappa shape index (κ3) is 4.31. The third-order valence-electron chi connectivity index (χ3n) is 3.23. The SMILES string of the molecule is CC(C)(C)OC(=O)N(c1cncnc1-c1ccccc1)C(C)(C)C. The Morgan fingerprint density at radius 1 is 1.04 bits per heavy atom. The monoisotopic (exact) mass is 327 g/mol. The molecule has 0 unspecified atom stereocenters. The Morgan fingerprint density at radius 2 is 1.67 bits per heavy atom. The lowest BCUT2D eigenvalue weighted by molar-refractivity contribution is 0.0550. The summed E-state index contributed by atoms with van der Waals surface area (Å²) in [5, 5.41) is 0. The Morgan fingerprint density at radius 3 is 2.21 bits per heavy atom. The van der Waals surface area contributed by atoms with Gasteiger partial charge >= 0.3 is 6.09 Å². The van der Waals surface area contributed by atoms with Gasteiger partial charge in [-0.2, -0.15) is 0 Å². The van der Waals surface area contributed by atoms with Crippen LogP contribution in [0, 0.1) is 0 Å². The first kappa shape index (κ1) is 17.9. The van der Waals surface area contributed by atoms with Crippen molar-refractivity contribution >= 4 is 11.8 Å². The summed E-state index contributed by atoms with van der Waals surface area (Å²) in [6.07, 6.45) is 2.73. The Bertz CT molecular complexity index is 701. The number of nitrogens with zero attached hydrogens (tertiary/aromatic N) is 3. The minimum absolute atomic E-state index is 0.415. The van der Waals surface area contributed by atoms with E-state index in [0.717, 1.165) is 5.56 Å². The molecule has 2 aromatic rings. The number of benzene rings is 1. The summed E-state index contributed by atoms with van der Waals surface area (Å²) < 4.78 is 5.60. The Labute approximate surface area is 143 Å². The van der Waals surface area contributed by atoms with Gasteiger partial charge in [-0.05, 0) is 41.5 Å². The molecule has 0 aliphatic carbocycles. The second-order valence-electron chi connectivity index (χ2n) is 7.61. The number of aromatic nitrogens is 2. The smallest absolute Gasteiger partial charge is 0.415 e. The standard InChI is InChI=1S/C19H25N3O2/c1-18(2,3)22(17(23)24-19(4,5)6)15-12-20-13-21-16(15)14-10-8-7-9-11-14/h7-13H,1-6H3. The lowest BCUT2D eigenvalue weighted by Gasteiger charge is -2.37. The summed E-state index contributed by atoms with van der Waals surface area (Å²) in [7, 11) is 0. The van der Waals surface area contributed by atoms with Gasteiger partial charge in [0.2, 0.25) is 0 Å². The van der Waals surface area contributed by atoms with Crippen LogP contribution in [0.25, 0.3) is 11.3 Å². The molecule has 1 amide bonds. The lowest BCUT2D eigenvalue weighted by atomic mass is 10.0. The summed E-state index contributed by atoms with van der Waals surface area (Å²) in [6.45, 7) is 11.4. The van der Waals surface area contributed by atoms with Crippen molar-refractivity contribution in [2.24, 2.45) is 0 Å². The Kier molecular flexibility index (Phi) is 4.92. The van der Waals surface area contributed by atoms with Crippen LogP contribution in [0.2, 0.25) is 0 Å². The second kappa shape index (κ2) is 6.59. The van der Waals surface area contributed by atoms with E-state index in [4.69, 9.17) is 4.74 Å². The van der Waals surface area contributed by atoms with Crippen LogP contribution in [-0.2, 0) is 4.74 Å². The molecular weight excluding hydrogens is 302 g/mol. The zero-order chi connectivity index (χ0) is 18.0. The molecule has 0 bridgehead atoms. The van der Waals surface area contributed by atoms with Gasteiger partial charge in [0.1, 0.15) is 11.9 Å². The summed E-state index contributed by atoms with van der Waals surface area (Å²) in [4.78, 5) is 23.0. The molecule has 0 saturated heterocycles. The van der Waals surface area contributed by atoms with Gasteiger partial charge in [0.25, 0.3) is 0 Å². The van der Waals surface area contributed by atoms with Crippen LogP contribution in [0.4, 0.5) is 10.5 Å². The van der Waals surface area contributed by atoms with Crippen LogP contribution in [0.15, 0.2) is 42.9 Å². The maximum absolute atomic E-state index is 12.8. The number of ether oxygens (including phenoxy) is 1. The van der Waals surface area contributed by atoms with E-state index in [9.17, 15) is 4.79 Å². The van der Waals surface area contributed by atoms with Crippen molar-refractivity contribution in [2.45, 2.75) is 52.7 Å². The highest BCUT2D eigenvalue weighted by Gasteiger charge is 2.34. The predicted octanol–water partition coefficient (Wildman–Crippen LogP) is 4.68. The first-order valence-corrected chi connectivity index (χ1v) is 7.98. The molecule has 1 heterocycles. The largest absolute Gasteiger partial charge is 0.443 e. The summed E-state index contributed by atoms with van der Waals surface area (Å²) in [6, 6.07) is 9.75. The van der Waals surface area contributed by atoms with E-state index in [2.05, 4.69) is 9.97 Å². The van der Waals surface area contributed by atoms with E-state index in [0.29, 0.717) is 11.4 Å². The molecule has 0 N–H and O–H groups in total. The number of hydrogen-bond donors (Lipinski definition) is 0. The topological polar surface area (TPSA) is 55.3 Å². The first-order chi connectivity index (χ1) is 11.1. The summed E-state index contributed by atoms with van der Waals surface area (Å²) in [5.74, 6) is 0. The number of carbonyl (C=O) groups is 1. The molecule has 0 aliphatic rings. The van der Waals surface area contributed by atoms with E-state index < -0.39 is 17.2 Å². The highest BCUT2D eigenvalue weighted by molar-refractivity contribution is 5.93. The van der Waals surface area contributed by atoms with Gasteiger partial charge in [0.15, 0.2) is 0 Å². The van der Waals surface area contributed by atoms with Crippen molar-refractivity contribution in [1.82, 2.24) is 9.97 Å². The minimum Gasteiger partial charge on any atom is -0.443 e. The van der Waals surface area contributed by atoms with Crippen molar-refractivity contribution in [3.8, 4) is 11.3 Å². The molecule has 1 aromatic heterocycles. The molecule has 24 heavy (non-hydrogen) atoms. The molecule has 0 fully saturated rings. The molecule has 2 rings (SSSR count). The quantitative estimate of drug-likeness (QED) is 0.803. The fourth-order valence-electron chi connectivity index (χ4n) is 2.35. The normalized spacial score (nSPS) is 11.9. The molecule has 0 atom stereocenters. The van der Waals surface area contributed by atoms with Crippen molar-refractivity contribution in [2.75, 3.05) is 4.90 Å². The third-order valence-corrected chi connectivity index (χ3v) is 3.23. The van der Waals surface area contributed by atoms with Crippen LogP contribution in [0.5, 0.6) is 0 Å². The Hall–Kier alpha value is -2.43. The number of carbonyl (C=O) groups excluding carboxylic acids is 1. The van der Waals surface area contributed by atoms with Gasteiger partial charge in [-0.1, -0.05) is 30.3 Å². The number of hydrogen-bond acceptors (Lipinski definition) is 4. The molecule has 5 nitrogen and oxygen atoms in total. The van der Waals surface area contributed by atoms with Crippen LogP contribution in [0.1, 0.15) is 41.5 Å². The van der Waals surface area contributed by atoms with Gasteiger partial charge in [0.05, 0.1) is 17.6 Å². The number of amides is 1. The van der Waals surface area contributed by atoms with Crippen molar-refractivity contribution < 1.29 is 9.53 Å². The van der Waals surface area contributed by atoms with Crippen LogP contribution in [-0.4, -0.2) is 27.2 Å². The molecular formula is C19H25N3O2. The molecule has 128 valence electrons. The molecule has 0 radical (unpaired) electrons. The molecule has 0 aliphatic heterocycles. The summed E-state index contributed by atoms with van der Waals surface area (Å²) >= 11 is 0. The van der Waals surface area contributed by atoms with Gasteiger partial charge in [0, 0.05) is 11.1 Å². The van der Waals surface area contributed by atoms with Gasteiger partial charge in [-0.25, -0.2) is 14.8 Å². The number of rotatable bonds is 2. The van der Waals surface area contributed by atoms with E-state index in [1.54, 1.807) is 11.1 Å². The lowest BCUT2D eigenvalue weighted by Crippen LogP contribution is -2.48. The van der Waals surface area contributed by atoms with Gasteiger partial charge < -0.3 is 4.74 Å². The van der Waals surface area contributed by atoms with Crippen LogP contribution < -0.4 is 4.90 Å². The fourth-order valence-corrected chi connectivity index (χ4v) is 2.35. The van der Waals surface area contributed by atoms with E-state index >= 15 is 0 Å². The maximum Gasteiger partial charge on any atom is 0.415 e. The number of anilines is 1. The molecule has 0 spiro atoms. The van der Waals surface area contributed by atoms with E-state index in [-0.39, 0.29) is 0 Å². The zero-order valence-electron chi connectivity index (χ0n) is 15.2. The van der Waals surface area contributed by atoms with E-state index in [1.807, 2.05) is 71.9 Å². The predicted molar refractivity (Wildman–Crippen MR) is 95.9 cm³/mol. The molecule has 0 saturated carbocycles. The van der Waals surface area contributed by atoms with Gasteiger partial charge in [-0.15, -0.1) is 0 Å². The van der Waals surface area contributed by atoms with Crippen molar-refractivity contribution in [3.05, 3.63) is 42.9 Å². The van der Waals surface area contributed by atoms with E-state index in [1.165, 1.54) is 6.33 Å². The molecule has 5 heteroatoms. The van der Waals surface area contributed by atoms with Crippen LogP contribution >= 0.6 is 0 Å². The van der Waals surface area contributed by atoms with Crippen molar-refractivity contribution in [3.63, 3.8) is 0 Å².